The smallest absolute Gasteiger partial charge is 0.00356 e. The van der Waals surface area contributed by atoms with Crippen molar-refractivity contribution in [3.8, 4) is 0 Å². The van der Waals surface area contributed by atoms with E-state index in [2.05, 4.69) is 46.6 Å². The summed E-state index contributed by atoms with van der Waals surface area (Å²) in [5.74, 6) is 1.61. The SMILES string of the molecule is CC(C)[C@@H](C)CN(C)C(C)C. The Bertz CT molecular complexity index is 85.0. The van der Waals surface area contributed by atoms with Crippen LogP contribution in [0.3, 0.4) is 0 Å². The maximum Gasteiger partial charge on any atom is 0.00356 e. The molecule has 0 unspecified atom stereocenters. The van der Waals surface area contributed by atoms with Crippen LogP contribution in [0.1, 0.15) is 34.6 Å². The number of hydrogen-bond donors (Lipinski definition) is 0. The molecule has 0 N–H and O–H groups in total. The van der Waals surface area contributed by atoms with Crippen molar-refractivity contribution < 1.29 is 0 Å². The molecule has 0 aliphatic rings. The third-order valence-corrected chi connectivity index (χ3v) is 2.60. The van der Waals surface area contributed by atoms with Gasteiger partial charge in [0, 0.05) is 12.6 Å². The second kappa shape index (κ2) is 4.76. The van der Waals surface area contributed by atoms with Gasteiger partial charge in [-0.3, -0.25) is 0 Å². The molecule has 0 aromatic carbocycles. The minimum absolute atomic E-state index is 0.677. The van der Waals surface area contributed by atoms with Gasteiger partial charge in [-0.15, -0.1) is 0 Å². The predicted octanol–water partition coefficient (Wildman–Crippen LogP) is 2.62. The van der Waals surface area contributed by atoms with E-state index in [0.717, 1.165) is 11.8 Å². The zero-order chi connectivity index (χ0) is 9.02. The maximum atomic E-state index is 2.41. The molecule has 11 heavy (non-hydrogen) atoms. The Balaban J connectivity index is 3.66. The minimum atomic E-state index is 0.677. The molecule has 1 heteroatoms. The summed E-state index contributed by atoms with van der Waals surface area (Å²) in [4.78, 5) is 2.41. The van der Waals surface area contributed by atoms with Gasteiger partial charge < -0.3 is 4.90 Å². The van der Waals surface area contributed by atoms with E-state index in [1.54, 1.807) is 0 Å². The number of rotatable bonds is 4. The van der Waals surface area contributed by atoms with Crippen LogP contribution in [0.5, 0.6) is 0 Å². The van der Waals surface area contributed by atoms with Crippen molar-refractivity contribution in [2.75, 3.05) is 13.6 Å². The summed E-state index contributed by atoms with van der Waals surface area (Å²) in [7, 11) is 2.20. The van der Waals surface area contributed by atoms with E-state index in [1.807, 2.05) is 0 Å². The molecule has 0 heterocycles. The fourth-order valence-corrected chi connectivity index (χ4v) is 0.876. The largest absolute Gasteiger partial charge is 0.304 e. The Labute approximate surface area is 71.8 Å². The molecular weight excluding hydrogens is 134 g/mol. The summed E-state index contributed by atoms with van der Waals surface area (Å²) in [6.07, 6.45) is 0. The van der Waals surface area contributed by atoms with Gasteiger partial charge in [0.25, 0.3) is 0 Å². The topological polar surface area (TPSA) is 3.24 Å². The van der Waals surface area contributed by atoms with Crippen LogP contribution in [-0.2, 0) is 0 Å². The van der Waals surface area contributed by atoms with Crippen LogP contribution in [0.2, 0.25) is 0 Å². The van der Waals surface area contributed by atoms with Crippen molar-refractivity contribution in [1.29, 1.82) is 0 Å². The Morgan fingerprint density at radius 1 is 1.00 bits per heavy atom. The first kappa shape index (κ1) is 11.0. The Morgan fingerprint density at radius 3 is 1.73 bits per heavy atom. The lowest BCUT2D eigenvalue weighted by Gasteiger charge is -2.26. The predicted molar refractivity (Wildman–Crippen MR) is 51.8 cm³/mol. The van der Waals surface area contributed by atoms with Gasteiger partial charge in [0.05, 0.1) is 0 Å². The Hall–Kier alpha value is -0.0400. The third-order valence-electron chi connectivity index (χ3n) is 2.60. The van der Waals surface area contributed by atoms with Crippen molar-refractivity contribution >= 4 is 0 Å². The van der Waals surface area contributed by atoms with Crippen LogP contribution in [-0.4, -0.2) is 24.5 Å². The van der Waals surface area contributed by atoms with Gasteiger partial charge >= 0.3 is 0 Å². The lowest BCUT2D eigenvalue weighted by Crippen LogP contribution is -2.32. The van der Waals surface area contributed by atoms with Gasteiger partial charge in [0.15, 0.2) is 0 Å². The highest BCUT2D eigenvalue weighted by molar-refractivity contribution is 4.64. The number of nitrogens with zero attached hydrogens (tertiary/aromatic N) is 1. The van der Waals surface area contributed by atoms with E-state index in [4.69, 9.17) is 0 Å². The molecule has 0 aromatic heterocycles. The molecule has 0 aliphatic heterocycles. The van der Waals surface area contributed by atoms with Crippen LogP contribution in [0, 0.1) is 11.8 Å². The van der Waals surface area contributed by atoms with Gasteiger partial charge in [-0.1, -0.05) is 20.8 Å². The van der Waals surface area contributed by atoms with Crippen molar-refractivity contribution in [2.45, 2.75) is 40.7 Å². The first-order chi connectivity index (χ1) is 4.95. The molecule has 0 aromatic rings. The number of hydrogen-bond acceptors (Lipinski definition) is 1. The first-order valence-corrected chi connectivity index (χ1v) is 4.65. The van der Waals surface area contributed by atoms with Crippen LogP contribution < -0.4 is 0 Å². The van der Waals surface area contributed by atoms with Gasteiger partial charge in [0.2, 0.25) is 0 Å². The summed E-state index contributed by atoms with van der Waals surface area (Å²) in [6.45, 7) is 12.6. The highest BCUT2D eigenvalue weighted by Crippen LogP contribution is 2.11. The van der Waals surface area contributed by atoms with Crippen LogP contribution in [0.4, 0.5) is 0 Å². The van der Waals surface area contributed by atoms with Crippen LogP contribution in [0.15, 0.2) is 0 Å². The summed E-state index contributed by atoms with van der Waals surface area (Å²) in [6, 6.07) is 0.677. The molecule has 0 spiro atoms. The van der Waals surface area contributed by atoms with Gasteiger partial charge in [0.1, 0.15) is 0 Å². The lowest BCUT2D eigenvalue weighted by molar-refractivity contribution is 0.211. The van der Waals surface area contributed by atoms with Gasteiger partial charge in [-0.25, -0.2) is 0 Å². The third kappa shape index (κ3) is 4.41. The fourth-order valence-electron chi connectivity index (χ4n) is 0.876. The molecule has 0 saturated heterocycles. The van der Waals surface area contributed by atoms with E-state index >= 15 is 0 Å². The molecule has 0 saturated carbocycles. The zero-order valence-electron chi connectivity index (χ0n) is 8.89. The summed E-state index contributed by atoms with van der Waals surface area (Å²) in [5.41, 5.74) is 0. The Morgan fingerprint density at radius 2 is 1.45 bits per heavy atom. The highest BCUT2D eigenvalue weighted by atomic mass is 15.1. The van der Waals surface area contributed by atoms with Crippen molar-refractivity contribution in [3.05, 3.63) is 0 Å². The lowest BCUT2D eigenvalue weighted by atomic mass is 9.97. The zero-order valence-corrected chi connectivity index (χ0v) is 8.89. The first-order valence-electron chi connectivity index (χ1n) is 4.65. The maximum absolute atomic E-state index is 2.41. The summed E-state index contributed by atoms with van der Waals surface area (Å²) >= 11 is 0. The second-order valence-electron chi connectivity index (χ2n) is 4.25. The Kier molecular flexibility index (Phi) is 4.74. The average molecular weight is 157 g/mol. The highest BCUT2D eigenvalue weighted by Gasteiger charge is 2.11. The molecule has 0 rings (SSSR count). The van der Waals surface area contributed by atoms with E-state index in [9.17, 15) is 0 Å². The van der Waals surface area contributed by atoms with E-state index < -0.39 is 0 Å². The van der Waals surface area contributed by atoms with E-state index in [1.165, 1.54) is 6.54 Å². The monoisotopic (exact) mass is 157 g/mol. The van der Waals surface area contributed by atoms with E-state index in [-0.39, 0.29) is 0 Å². The normalized spacial score (nSPS) is 15.0. The molecule has 0 amide bonds. The molecule has 0 aliphatic carbocycles. The van der Waals surface area contributed by atoms with Crippen molar-refractivity contribution in [1.82, 2.24) is 4.90 Å². The fraction of sp³-hybridized carbons (Fsp3) is 1.00. The summed E-state index contributed by atoms with van der Waals surface area (Å²) < 4.78 is 0. The van der Waals surface area contributed by atoms with Crippen LogP contribution >= 0.6 is 0 Å². The molecule has 1 atom stereocenters. The van der Waals surface area contributed by atoms with Gasteiger partial charge in [-0.05, 0) is 32.7 Å². The van der Waals surface area contributed by atoms with Gasteiger partial charge in [-0.2, -0.15) is 0 Å². The van der Waals surface area contributed by atoms with Crippen molar-refractivity contribution in [3.63, 3.8) is 0 Å². The van der Waals surface area contributed by atoms with E-state index in [0.29, 0.717) is 6.04 Å². The standard InChI is InChI=1S/C10H23N/c1-8(2)10(5)7-11(6)9(3)4/h8-10H,7H2,1-6H3/t10-/m0/s1. The molecular formula is C10H23N. The molecule has 0 fully saturated rings. The summed E-state index contributed by atoms with van der Waals surface area (Å²) in [5, 5.41) is 0. The molecule has 68 valence electrons. The van der Waals surface area contributed by atoms with Crippen molar-refractivity contribution in [2.24, 2.45) is 11.8 Å². The molecule has 1 nitrogen and oxygen atoms in total. The quantitative estimate of drug-likeness (QED) is 0.606. The van der Waals surface area contributed by atoms with Crippen LogP contribution in [0.25, 0.3) is 0 Å². The second-order valence-corrected chi connectivity index (χ2v) is 4.25. The minimum Gasteiger partial charge on any atom is -0.304 e. The average Bonchev–Trinajstić information content (AvgIpc) is 1.87. The molecule has 0 bridgehead atoms. The molecule has 0 radical (unpaired) electrons.